The molecule has 4 amide bonds. The number of imide groups is 2. The number of carbonyl (C=O) groups excluding carboxylic acids is 3. The lowest BCUT2D eigenvalue weighted by molar-refractivity contribution is -0.122. The number of benzene rings is 2. The van der Waals surface area contributed by atoms with Gasteiger partial charge in [0, 0.05) is 0 Å². The van der Waals surface area contributed by atoms with Gasteiger partial charge in [-0.1, -0.05) is 35.3 Å². The van der Waals surface area contributed by atoms with Gasteiger partial charge in [0.25, 0.3) is 11.8 Å². The van der Waals surface area contributed by atoms with Gasteiger partial charge in [0.15, 0.2) is 11.5 Å². The molecule has 1 heterocycles. The van der Waals surface area contributed by atoms with Crippen LogP contribution in [0.4, 0.5) is 10.5 Å². The molecule has 0 radical (unpaired) electrons. The zero-order chi connectivity index (χ0) is 21.8. The molecule has 1 N–H and O–H groups in total. The van der Waals surface area contributed by atoms with Gasteiger partial charge < -0.3 is 9.47 Å². The van der Waals surface area contributed by atoms with E-state index in [1.807, 2.05) is 13.8 Å². The fourth-order valence-corrected chi connectivity index (χ4v) is 3.25. The minimum Gasteiger partial charge on any atom is -0.490 e. The van der Waals surface area contributed by atoms with Crippen molar-refractivity contribution in [3.63, 3.8) is 0 Å². The summed E-state index contributed by atoms with van der Waals surface area (Å²) >= 11 is 12.2. The van der Waals surface area contributed by atoms with Gasteiger partial charge in [0.1, 0.15) is 5.57 Å². The smallest absolute Gasteiger partial charge is 0.336 e. The van der Waals surface area contributed by atoms with Crippen LogP contribution < -0.4 is 19.7 Å². The van der Waals surface area contributed by atoms with Gasteiger partial charge in [-0.3, -0.25) is 14.9 Å². The lowest BCUT2D eigenvalue weighted by Gasteiger charge is -2.27. The third-order valence-corrected chi connectivity index (χ3v) is 4.96. The lowest BCUT2D eigenvalue weighted by Crippen LogP contribution is -2.54. The Hall–Kier alpha value is -3.03. The SMILES string of the molecule is CCOc1ccc(/C=C2\C(=O)NC(=O)N(c3cccc(Cl)c3Cl)C2=O)cc1OCC. The Bertz CT molecular complexity index is 1050. The van der Waals surface area contributed by atoms with Gasteiger partial charge in [0.05, 0.1) is 28.9 Å². The number of urea groups is 1. The first-order chi connectivity index (χ1) is 14.4. The van der Waals surface area contributed by atoms with Crippen LogP contribution in [0, 0.1) is 0 Å². The maximum atomic E-state index is 13.0. The second-order valence-corrected chi connectivity index (χ2v) is 6.89. The highest BCUT2D eigenvalue weighted by atomic mass is 35.5. The molecule has 0 aliphatic carbocycles. The molecular weight excluding hydrogens is 431 g/mol. The molecule has 3 rings (SSSR count). The molecule has 0 aromatic heterocycles. The summed E-state index contributed by atoms with van der Waals surface area (Å²) in [5.41, 5.74) is 0.357. The molecule has 2 aromatic rings. The molecule has 1 aliphatic heterocycles. The zero-order valence-corrected chi connectivity index (χ0v) is 17.7. The molecule has 0 atom stereocenters. The Morgan fingerprint density at radius 3 is 2.40 bits per heavy atom. The number of anilines is 1. The van der Waals surface area contributed by atoms with Gasteiger partial charge in [0.2, 0.25) is 0 Å². The summed E-state index contributed by atoms with van der Waals surface area (Å²) in [6.07, 6.45) is 1.37. The van der Waals surface area contributed by atoms with Crippen molar-refractivity contribution in [1.29, 1.82) is 0 Å². The fourth-order valence-electron chi connectivity index (χ4n) is 2.87. The third kappa shape index (κ3) is 4.27. The topological polar surface area (TPSA) is 84.9 Å². The number of nitrogens with one attached hydrogen (secondary N) is 1. The molecule has 2 aromatic carbocycles. The summed E-state index contributed by atoms with van der Waals surface area (Å²) in [6, 6.07) is 8.63. The molecule has 0 bridgehead atoms. The van der Waals surface area contributed by atoms with Crippen LogP contribution in [0.3, 0.4) is 0 Å². The summed E-state index contributed by atoms with van der Waals surface area (Å²) in [7, 11) is 0. The van der Waals surface area contributed by atoms with Crippen LogP contribution in [0.15, 0.2) is 42.0 Å². The molecule has 0 saturated carbocycles. The third-order valence-electron chi connectivity index (χ3n) is 4.15. The number of carbonyl (C=O) groups is 3. The lowest BCUT2D eigenvalue weighted by atomic mass is 10.1. The number of nitrogens with zero attached hydrogens (tertiary/aromatic N) is 1. The van der Waals surface area contributed by atoms with Crippen molar-refractivity contribution < 1.29 is 23.9 Å². The first-order valence-electron chi connectivity index (χ1n) is 9.12. The normalized spacial score (nSPS) is 15.4. The van der Waals surface area contributed by atoms with Crippen LogP contribution in [0.25, 0.3) is 6.08 Å². The van der Waals surface area contributed by atoms with Crippen LogP contribution in [-0.4, -0.2) is 31.1 Å². The standard InChI is InChI=1S/C21H18Cl2N2O5/c1-3-29-16-9-8-12(11-17(16)30-4-2)10-13-19(26)24-21(28)25(20(13)27)15-7-5-6-14(22)18(15)23/h5-11H,3-4H2,1-2H3,(H,24,26,28)/b13-10+. The van der Waals surface area contributed by atoms with Gasteiger partial charge in [-0.15, -0.1) is 0 Å². The largest absolute Gasteiger partial charge is 0.490 e. The number of ether oxygens (including phenoxy) is 2. The van der Waals surface area contributed by atoms with E-state index in [9.17, 15) is 14.4 Å². The van der Waals surface area contributed by atoms with E-state index in [4.69, 9.17) is 32.7 Å². The fraction of sp³-hybridized carbons (Fsp3) is 0.190. The number of hydrogen-bond acceptors (Lipinski definition) is 5. The molecule has 0 spiro atoms. The van der Waals surface area contributed by atoms with Gasteiger partial charge in [-0.25, -0.2) is 9.69 Å². The average Bonchev–Trinajstić information content (AvgIpc) is 2.70. The van der Waals surface area contributed by atoms with Crippen LogP contribution in [0.1, 0.15) is 19.4 Å². The van der Waals surface area contributed by atoms with Gasteiger partial charge in [-0.05, 0) is 49.8 Å². The number of barbiturate groups is 1. The Morgan fingerprint density at radius 1 is 1.00 bits per heavy atom. The highest BCUT2D eigenvalue weighted by molar-refractivity contribution is 6.46. The second-order valence-electron chi connectivity index (χ2n) is 6.10. The minimum absolute atomic E-state index is 0.0241. The molecule has 156 valence electrons. The van der Waals surface area contributed by atoms with Crippen molar-refractivity contribution in [3.05, 3.63) is 57.6 Å². The van der Waals surface area contributed by atoms with Crippen LogP contribution >= 0.6 is 23.2 Å². The maximum Gasteiger partial charge on any atom is 0.336 e. The molecule has 7 nitrogen and oxygen atoms in total. The number of amides is 4. The maximum absolute atomic E-state index is 13.0. The van der Waals surface area contributed by atoms with Gasteiger partial charge >= 0.3 is 6.03 Å². The highest BCUT2D eigenvalue weighted by Crippen LogP contribution is 2.35. The van der Waals surface area contributed by atoms with E-state index in [0.717, 1.165) is 4.90 Å². The summed E-state index contributed by atoms with van der Waals surface area (Å²) in [5.74, 6) is -0.613. The van der Waals surface area contributed by atoms with E-state index < -0.39 is 17.8 Å². The number of rotatable bonds is 6. The van der Waals surface area contributed by atoms with E-state index in [1.165, 1.54) is 18.2 Å². The summed E-state index contributed by atoms with van der Waals surface area (Å²) in [6.45, 7) is 4.55. The summed E-state index contributed by atoms with van der Waals surface area (Å²) < 4.78 is 11.1. The molecular formula is C21H18Cl2N2O5. The van der Waals surface area contributed by atoms with Crippen molar-refractivity contribution in [2.24, 2.45) is 0 Å². The predicted molar refractivity (Wildman–Crippen MR) is 114 cm³/mol. The summed E-state index contributed by atoms with van der Waals surface area (Å²) in [5, 5.41) is 2.34. The quantitative estimate of drug-likeness (QED) is 0.520. The van der Waals surface area contributed by atoms with Gasteiger partial charge in [-0.2, -0.15) is 0 Å². The first kappa shape index (κ1) is 21.7. The molecule has 30 heavy (non-hydrogen) atoms. The van der Waals surface area contributed by atoms with Crippen molar-refractivity contribution in [3.8, 4) is 11.5 Å². The van der Waals surface area contributed by atoms with E-state index in [1.54, 1.807) is 24.3 Å². The Balaban J connectivity index is 2.02. The van der Waals surface area contributed by atoms with Crippen LogP contribution in [0.2, 0.25) is 10.0 Å². The Labute approximate surface area is 183 Å². The van der Waals surface area contributed by atoms with E-state index in [-0.39, 0.29) is 21.3 Å². The molecule has 1 saturated heterocycles. The van der Waals surface area contributed by atoms with E-state index in [0.29, 0.717) is 30.3 Å². The minimum atomic E-state index is -0.909. The molecule has 9 heteroatoms. The van der Waals surface area contributed by atoms with Crippen molar-refractivity contribution in [2.75, 3.05) is 18.1 Å². The molecule has 1 aliphatic rings. The zero-order valence-electron chi connectivity index (χ0n) is 16.2. The summed E-state index contributed by atoms with van der Waals surface area (Å²) in [4.78, 5) is 38.5. The van der Waals surface area contributed by atoms with Crippen LogP contribution in [-0.2, 0) is 9.59 Å². The van der Waals surface area contributed by atoms with Crippen molar-refractivity contribution in [2.45, 2.75) is 13.8 Å². The van der Waals surface area contributed by atoms with E-state index in [2.05, 4.69) is 5.32 Å². The first-order valence-corrected chi connectivity index (χ1v) is 9.88. The number of halogens is 2. The molecule has 0 unspecified atom stereocenters. The van der Waals surface area contributed by atoms with E-state index >= 15 is 0 Å². The van der Waals surface area contributed by atoms with Crippen molar-refractivity contribution >= 4 is 52.8 Å². The van der Waals surface area contributed by atoms with Crippen LogP contribution in [0.5, 0.6) is 11.5 Å². The highest BCUT2D eigenvalue weighted by Gasteiger charge is 2.38. The Kier molecular flexibility index (Phi) is 6.64. The predicted octanol–water partition coefficient (Wildman–Crippen LogP) is 4.46. The number of hydrogen-bond donors (Lipinski definition) is 1. The molecule has 1 fully saturated rings. The average molecular weight is 449 g/mol. The monoisotopic (exact) mass is 448 g/mol. The van der Waals surface area contributed by atoms with Crippen molar-refractivity contribution in [1.82, 2.24) is 5.32 Å². The Morgan fingerprint density at radius 2 is 1.70 bits per heavy atom. The second kappa shape index (κ2) is 9.19.